The fourth-order valence-corrected chi connectivity index (χ4v) is 11.1. The Morgan fingerprint density at radius 1 is 0.328 bits per heavy atom. The van der Waals surface area contributed by atoms with Crippen molar-refractivity contribution in [1.82, 2.24) is 4.57 Å². The molecule has 284 valence electrons. The number of anilines is 3. The molecular weight excluding hydrogens is 757 g/mol. The molecule has 0 spiro atoms. The normalized spacial score (nSPS) is 11.9. The average Bonchev–Trinajstić information content (AvgIpc) is 3.86. The minimum atomic E-state index is 1.11. The van der Waals surface area contributed by atoms with E-state index in [0.29, 0.717) is 0 Å². The topological polar surface area (TPSA) is 8.17 Å². The van der Waals surface area contributed by atoms with Gasteiger partial charge in [-0.25, -0.2) is 0 Å². The Balaban J connectivity index is 1.09. The third kappa shape index (κ3) is 5.34. The lowest BCUT2D eigenvalue weighted by Crippen LogP contribution is -2.10. The van der Waals surface area contributed by atoms with Crippen molar-refractivity contribution in [2.75, 3.05) is 4.90 Å². The molecule has 0 aliphatic carbocycles. The molecule has 61 heavy (non-hydrogen) atoms. The van der Waals surface area contributed by atoms with Gasteiger partial charge in [-0.05, 0) is 109 Å². The average molecular weight is 793 g/mol. The molecule has 0 saturated carbocycles. The maximum absolute atomic E-state index is 2.50. The van der Waals surface area contributed by atoms with Gasteiger partial charge in [-0.15, -0.1) is 11.3 Å². The van der Waals surface area contributed by atoms with E-state index in [1.165, 1.54) is 96.2 Å². The van der Waals surface area contributed by atoms with Gasteiger partial charge in [0.1, 0.15) is 0 Å². The molecule has 0 amide bonds. The van der Waals surface area contributed by atoms with E-state index in [-0.39, 0.29) is 0 Å². The summed E-state index contributed by atoms with van der Waals surface area (Å²) >= 11 is 1.90. The maximum atomic E-state index is 2.50. The smallest absolute Gasteiger partial charge is 0.0547 e. The van der Waals surface area contributed by atoms with Crippen molar-refractivity contribution in [2.24, 2.45) is 0 Å². The van der Waals surface area contributed by atoms with Crippen molar-refractivity contribution < 1.29 is 0 Å². The van der Waals surface area contributed by atoms with Crippen molar-refractivity contribution in [3.05, 3.63) is 218 Å². The number of nitrogens with zero attached hydrogens (tertiary/aromatic N) is 2. The van der Waals surface area contributed by atoms with Crippen LogP contribution >= 0.6 is 11.3 Å². The van der Waals surface area contributed by atoms with E-state index in [1.807, 2.05) is 11.3 Å². The van der Waals surface area contributed by atoms with Gasteiger partial charge in [-0.2, -0.15) is 0 Å². The molecule has 2 nitrogen and oxygen atoms in total. The van der Waals surface area contributed by atoms with E-state index < -0.39 is 0 Å². The summed E-state index contributed by atoms with van der Waals surface area (Å²) in [5.41, 5.74) is 9.32. The fourth-order valence-electron chi connectivity index (χ4n) is 9.84. The van der Waals surface area contributed by atoms with Crippen LogP contribution in [0.3, 0.4) is 0 Å². The molecule has 2 heterocycles. The first-order valence-corrected chi connectivity index (χ1v) is 21.7. The van der Waals surface area contributed by atoms with Crippen molar-refractivity contribution in [3.63, 3.8) is 0 Å². The SMILES string of the molecule is c1ccc(-c2cccc(-n3c4ccc(N(c5ccc6c(c5)sc5c7ccccc7ccc65)c5cc6ccccc6c6ccccc56)cc4c4cc5ccccc5cc43)c2)cc1. The zero-order valence-electron chi connectivity index (χ0n) is 33.1. The summed E-state index contributed by atoms with van der Waals surface area (Å²) in [4.78, 5) is 2.50. The van der Waals surface area contributed by atoms with E-state index in [4.69, 9.17) is 0 Å². The summed E-state index contributed by atoms with van der Waals surface area (Å²) in [6.07, 6.45) is 0. The highest BCUT2D eigenvalue weighted by Gasteiger charge is 2.22. The first-order chi connectivity index (χ1) is 30.2. The van der Waals surface area contributed by atoms with Gasteiger partial charge in [0.25, 0.3) is 0 Å². The predicted molar refractivity (Wildman–Crippen MR) is 264 cm³/mol. The summed E-state index contributed by atoms with van der Waals surface area (Å²) < 4.78 is 5.07. The Labute approximate surface area is 356 Å². The van der Waals surface area contributed by atoms with Crippen LogP contribution in [0.2, 0.25) is 0 Å². The highest BCUT2D eigenvalue weighted by Crippen LogP contribution is 2.47. The molecular formula is C58H36N2S. The number of thiophene rings is 1. The highest BCUT2D eigenvalue weighted by molar-refractivity contribution is 7.26. The summed E-state index contributed by atoms with van der Waals surface area (Å²) in [7, 11) is 0. The van der Waals surface area contributed by atoms with Gasteiger partial charge in [0.2, 0.25) is 0 Å². The van der Waals surface area contributed by atoms with Crippen molar-refractivity contribution in [1.29, 1.82) is 0 Å². The molecule has 13 rings (SSSR count). The fraction of sp³-hybridized carbons (Fsp3) is 0. The minimum Gasteiger partial charge on any atom is -0.310 e. The molecule has 0 radical (unpaired) electrons. The van der Waals surface area contributed by atoms with Crippen LogP contribution in [-0.4, -0.2) is 4.57 Å². The van der Waals surface area contributed by atoms with Gasteiger partial charge in [-0.3, -0.25) is 0 Å². The molecule has 2 aromatic heterocycles. The molecule has 0 bridgehead atoms. The second-order valence-electron chi connectivity index (χ2n) is 16.1. The summed E-state index contributed by atoms with van der Waals surface area (Å²) in [6, 6.07) is 80.7. The number of fused-ring (bicyclic) bond motifs is 12. The van der Waals surface area contributed by atoms with Crippen LogP contribution in [0.25, 0.3) is 102 Å². The number of benzene rings is 11. The standard InChI is InChI=1S/C58H36N2S/c1-2-13-37(14-3-1)39-19-12-20-43(31-39)60-54-30-27-44(35-53(54)52-32-40-16-4-5-17-41(40)33-56(52)60)59(55-34-42-18-7-8-21-46(42)48-23-10-11-24-49(48)55)45-26-29-50-51-28-25-38-15-6-9-22-47(38)58(51)61-57(50)36-45/h1-36H. The van der Waals surface area contributed by atoms with Gasteiger partial charge in [-0.1, -0.05) is 158 Å². The Morgan fingerprint density at radius 3 is 1.82 bits per heavy atom. The Bertz CT molecular complexity index is 3890. The minimum absolute atomic E-state index is 1.11. The zero-order valence-corrected chi connectivity index (χ0v) is 33.9. The van der Waals surface area contributed by atoms with Crippen molar-refractivity contribution in [3.8, 4) is 16.8 Å². The van der Waals surface area contributed by atoms with Gasteiger partial charge in [0, 0.05) is 53.4 Å². The van der Waals surface area contributed by atoms with E-state index >= 15 is 0 Å². The largest absolute Gasteiger partial charge is 0.310 e. The molecule has 0 fully saturated rings. The Kier molecular flexibility index (Phi) is 7.51. The van der Waals surface area contributed by atoms with Gasteiger partial charge in [0.15, 0.2) is 0 Å². The monoisotopic (exact) mass is 792 g/mol. The number of aromatic nitrogens is 1. The van der Waals surface area contributed by atoms with E-state index in [2.05, 4.69) is 228 Å². The van der Waals surface area contributed by atoms with Crippen molar-refractivity contribution >= 4 is 113 Å². The molecule has 3 heteroatoms. The summed E-state index contributed by atoms with van der Waals surface area (Å²) in [5.74, 6) is 0. The third-order valence-corrected chi connectivity index (χ3v) is 13.9. The molecule has 0 N–H and O–H groups in total. The zero-order chi connectivity index (χ0) is 40.0. The lowest BCUT2D eigenvalue weighted by molar-refractivity contribution is 1.18. The second kappa shape index (κ2) is 13.4. The van der Waals surface area contributed by atoms with Crippen LogP contribution in [0, 0.1) is 0 Å². The second-order valence-corrected chi connectivity index (χ2v) is 17.2. The highest BCUT2D eigenvalue weighted by atomic mass is 32.1. The molecule has 0 aliphatic heterocycles. The Morgan fingerprint density at radius 2 is 0.967 bits per heavy atom. The lowest BCUT2D eigenvalue weighted by Gasteiger charge is -2.28. The molecule has 11 aromatic carbocycles. The Hall–Kier alpha value is -7.72. The summed E-state index contributed by atoms with van der Waals surface area (Å²) in [5, 5.41) is 15.0. The predicted octanol–water partition coefficient (Wildman–Crippen LogP) is 16.9. The van der Waals surface area contributed by atoms with Crippen LogP contribution < -0.4 is 4.90 Å². The van der Waals surface area contributed by atoms with Gasteiger partial charge >= 0.3 is 0 Å². The van der Waals surface area contributed by atoms with Crippen LogP contribution in [0.5, 0.6) is 0 Å². The molecule has 0 aliphatic rings. The van der Waals surface area contributed by atoms with Crippen molar-refractivity contribution in [2.45, 2.75) is 0 Å². The number of hydrogen-bond acceptors (Lipinski definition) is 2. The first kappa shape index (κ1) is 34.2. The van der Waals surface area contributed by atoms with E-state index in [0.717, 1.165) is 22.7 Å². The summed E-state index contributed by atoms with van der Waals surface area (Å²) in [6.45, 7) is 0. The lowest BCUT2D eigenvalue weighted by atomic mass is 9.98. The third-order valence-electron chi connectivity index (χ3n) is 12.7. The van der Waals surface area contributed by atoms with Crippen LogP contribution in [0.1, 0.15) is 0 Å². The number of rotatable bonds is 5. The molecule has 0 saturated heterocycles. The molecule has 0 unspecified atom stereocenters. The molecule has 0 atom stereocenters. The molecule has 13 aromatic rings. The number of hydrogen-bond donors (Lipinski definition) is 0. The van der Waals surface area contributed by atoms with E-state index in [9.17, 15) is 0 Å². The first-order valence-electron chi connectivity index (χ1n) is 20.9. The van der Waals surface area contributed by atoms with Crippen LogP contribution in [0.15, 0.2) is 218 Å². The quantitative estimate of drug-likeness (QED) is 0.158. The maximum Gasteiger partial charge on any atom is 0.0547 e. The van der Waals surface area contributed by atoms with Crippen LogP contribution in [-0.2, 0) is 0 Å². The van der Waals surface area contributed by atoms with Gasteiger partial charge < -0.3 is 9.47 Å². The van der Waals surface area contributed by atoms with Crippen LogP contribution in [0.4, 0.5) is 17.1 Å². The van der Waals surface area contributed by atoms with E-state index in [1.54, 1.807) is 0 Å². The van der Waals surface area contributed by atoms with Gasteiger partial charge in [0.05, 0.1) is 16.7 Å².